The van der Waals surface area contributed by atoms with Crippen molar-refractivity contribution >= 4 is 15.7 Å². The first-order valence-electron chi connectivity index (χ1n) is 9.26. The van der Waals surface area contributed by atoms with E-state index in [1.165, 1.54) is 4.31 Å². The van der Waals surface area contributed by atoms with E-state index in [1.54, 1.807) is 38.5 Å². The van der Waals surface area contributed by atoms with Crippen LogP contribution in [-0.4, -0.2) is 22.6 Å². The van der Waals surface area contributed by atoms with Crippen molar-refractivity contribution in [2.75, 3.05) is 18.5 Å². The summed E-state index contributed by atoms with van der Waals surface area (Å²) in [5.74, 6) is 1.28. The molecule has 0 aliphatic rings. The minimum Gasteiger partial charge on any atom is -0.497 e. The van der Waals surface area contributed by atoms with Crippen molar-refractivity contribution < 1.29 is 17.9 Å². The molecule has 3 rings (SSSR count). The highest BCUT2D eigenvalue weighted by Gasteiger charge is 2.30. The Morgan fingerprint density at radius 2 is 1.45 bits per heavy atom. The van der Waals surface area contributed by atoms with Gasteiger partial charge in [-0.05, 0) is 67.9 Å². The Bertz CT molecular complexity index is 1060. The monoisotopic (exact) mass is 411 g/mol. The molecule has 29 heavy (non-hydrogen) atoms. The van der Waals surface area contributed by atoms with E-state index in [1.807, 2.05) is 62.4 Å². The van der Waals surface area contributed by atoms with E-state index in [0.29, 0.717) is 17.2 Å². The number of sulfonamides is 1. The van der Waals surface area contributed by atoms with Gasteiger partial charge in [-0.2, -0.15) is 0 Å². The van der Waals surface area contributed by atoms with Gasteiger partial charge in [-0.15, -0.1) is 0 Å². The lowest BCUT2D eigenvalue weighted by molar-refractivity contribution is 0.414. The number of rotatable bonds is 7. The number of nitrogens with zero attached hydrogens (tertiary/aromatic N) is 1. The molecule has 0 aromatic heterocycles. The molecule has 5 nitrogen and oxygen atoms in total. The molecule has 0 fully saturated rings. The molecule has 3 aromatic rings. The van der Waals surface area contributed by atoms with Gasteiger partial charge in [-0.3, -0.25) is 4.31 Å². The number of hydrogen-bond acceptors (Lipinski definition) is 4. The topological polar surface area (TPSA) is 55.8 Å². The second kappa shape index (κ2) is 8.57. The number of aryl methyl sites for hydroxylation is 1. The van der Waals surface area contributed by atoms with Gasteiger partial charge in [0.1, 0.15) is 11.5 Å². The van der Waals surface area contributed by atoms with E-state index in [-0.39, 0.29) is 4.90 Å². The Morgan fingerprint density at radius 3 is 2.03 bits per heavy atom. The van der Waals surface area contributed by atoms with Crippen LogP contribution in [0.5, 0.6) is 11.5 Å². The molecule has 1 atom stereocenters. The first-order chi connectivity index (χ1) is 13.9. The molecule has 0 heterocycles. The first-order valence-corrected chi connectivity index (χ1v) is 10.7. The fraction of sp³-hybridized carbons (Fsp3) is 0.217. The van der Waals surface area contributed by atoms with E-state index < -0.39 is 16.1 Å². The van der Waals surface area contributed by atoms with Gasteiger partial charge >= 0.3 is 0 Å². The molecule has 0 aliphatic carbocycles. The molecule has 0 amide bonds. The molecule has 1 unspecified atom stereocenters. The Balaban J connectivity index is 2.12. The van der Waals surface area contributed by atoms with Crippen molar-refractivity contribution in [1.82, 2.24) is 0 Å². The summed E-state index contributed by atoms with van der Waals surface area (Å²) in [7, 11) is -0.680. The zero-order valence-corrected chi connectivity index (χ0v) is 17.8. The number of benzene rings is 3. The molecule has 0 saturated heterocycles. The third-order valence-electron chi connectivity index (χ3n) is 4.83. The summed E-state index contributed by atoms with van der Waals surface area (Å²) in [6.07, 6.45) is 0. The van der Waals surface area contributed by atoms with Crippen LogP contribution >= 0.6 is 0 Å². The molecule has 0 spiro atoms. The van der Waals surface area contributed by atoms with E-state index >= 15 is 0 Å². The van der Waals surface area contributed by atoms with Crippen LogP contribution in [0, 0.1) is 6.92 Å². The SMILES string of the molecule is COc1ccc(S(=O)(=O)N(c2ccc(C)cc2)C(C)c2cccc(OC)c2)cc1. The van der Waals surface area contributed by atoms with Gasteiger partial charge in [0.05, 0.1) is 30.8 Å². The van der Waals surface area contributed by atoms with Crippen molar-refractivity contribution in [3.8, 4) is 11.5 Å². The molecular formula is C23H25NO4S. The van der Waals surface area contributed by atoms with Gasteiger partial charge in [-0.25, -0.2) is 8.42 Å². The zero-order chi connectivity index (χ0) is 21.0. The molecule has 0 aliphatic heterocycles. The molecule has 0 saturated carbocycles. The molecule has 0 radical (unpaired) electrons. The van der Waals surface area contributed by atoms with Crippen LogP contribution in [0.3, 0.4) is 0 Å². The van der Waals surface area contributed by atoms with E-state index in [4.69, 9.17) is 9.47 Å². The van der Waals surface area contributed by atoms with Crippen molar-refractivity contribution in [2.45, 2.75) is 24.8 Å². The lowest BCUT2D eigenvalue weighted by Crippen LogP contribution is -2.33. The Morgan fingerprint density at radius 1 is 0.828 bits per heavy atom. The maximum atomic E-state index is 13.6. The van der Waals surface area contributed by atoms with Gasteiger partial charge < -0.3 is 9.47 Å². The van der Waals surface area contributed by atoms with E-state index in [2.05, 4.69) is 0 Å². The van der Waals surface area contributed by atoms with Gasteiger partial charge in [-0.1, -0.05) is 29.8 Å². The lowest BCUT2D eigenvalue weighted by Gasteiger charge is -2.31. The predicted octanol–water partition coefficient (Wildman–Crippen LogP) is 4.97. The zero-order valence-electron chi connectivity index (χ0n) is 17.0. The van der Waals surface area contributed by atoms with Crippen LogP contribution in [0.15, 0.2) is 77.7 Å². The molecule has 6 heteroatoms. The maximum absolute atomic E-state index is 13.6. The minimum absolute atomic E-state index is 0.202. The van der Waals surface area contributed by atoms with Crippen LogP contribution in [0.1, 0.15) is 24.1 Å². The highest BCUT2D eigenvalue weighted by Crippen LogP contribution is 2.34. The smallest absolute Gasteiger partial charge is 0.264 e. The quantitative estimate of drug-likeness (QED) is 0.551. The summed E-state index contributed by atoms with van der Waals surface area (Å²) in [6.45, 7) is 3.84. The maximum Gasteiger partial charge on any atom is 0.264 e. The summed E-state index contributed by atoms with van der Waals surface area (Å²) in [6, 6.07) is 20.9. The number of methoxy groups -OCH3 is 2. The average Bonchev–Trinajstić information content (AvgIpc) is 2.75. The van der Waals surface area contributed by atoms with E-state index in [0.717, 1.165) is 11.1 Å². The number of ether oxygens (including phenoxy) is 2. The molecular weight excluding hydrogens is 386 g/mol. The Labute approximate surface area is 172 Å². The summed E-state index contributed by atoms with van der Waals surface area (Å²) in [5, 5.41) is 0. The van der Waals surface area contributed by atoms with Crippen molar-refractivity contribution in [3.05, 3.63) is 83.9 Å². The van der Waals surface area contributed by atoms with Gasteiger partial charge in [0.2, 0.25) is 0 Å². The number of hydrogen-bond donors (Lipinski definition) is 0. The van der Waals surface area contributed by atoms with Crippen molar-refractivity contribution in [3.63, 3.8) is 0 Å². The lowest BCUT2D eigenvalue weighted by atomic mass is 10.1. The van der Waals surface area contributed by atoms with Gasteiger partial charge in [0.25, 0.3) is 10.0 Å². The van der Waals surface area contributed by atoms with Crippen LogP contribution in [0.4, 0.5) is 5.69 Å². The average molecular weight is 412 g/mol. The van der Waals surface area contributed by atoms with Crippen LogP contribution < -0.4 is 13.8 Å². The Hall–Kier alpha value is -2.99. The first kappa shape index (κ1) is 20.7. The second-order valence-corrected chi connectivity index (χ2v) is 8.58. The van der Waals surface area contributed by atoms with Gasteiger partial charge in [0.15, 0.2) is 0 Å². The predicted molar refractivity (Wildman–Crippen MR) is 115 cm³/mol. The highest BCUT2D eigenvalue weighted by molar-refractivity contribution is 7.92. The van der Waals surface area contributed by atoms with Crippen molar-refractivity contribution in [1.29, 1.82) is 0 Å². The summed E-state index contributed by atoms with van der Waals surface area (Å²) in [5.41, 5.74) is 2.49. The summed E-state index contributed by atoms with van der Waals surface area (Å²) in [4.78, 5) is 0.202. The fourth-order valence-corrected chi connectivity index (χ4v) is 4.80. The summed E-state index contributed by atoms with van der Waals surface area (Å²) < 4.78 is 39.2. The van der Waals surface area contributed by atoms with Crippen LogP contribution in [0.2, 0.25) is 0 Å². The summed E-state index contributed by atoms with van der Waals surface area (Å²) >= 11 is 0. The third-order valence-corrected chi connectivity index (χ3v) is 6.75. The normalized spacial score (nSPS) is 12.3. The molecule has 0 bridgehead atoms. The highest BCUT2D eigenvalue weighted by atomic mass is 32.2. The molecule has 152 valence electrons. The fourth-order valence-electron chi connectivity index (χ4n) is 3.16. The third kappa shape index (κ3) is 4.38. The largest absolute Gasteiger partial charge is 0.497 e. The standard InChI is InChI=1S/C23H25NO4S/c1-17-8-10-20(11-9-17)24(18(2)19-6-5-7-22(16-19)28-4)29(25,26)23-14-12-21(27-3)13-15-23/h5-16,18H,1-4H3. The molecule has 3 aromatic carbocycles. The van der Waals surface area contributed by atoms with Crippen molar-refractivity contribution in [2.24, 2.45) is 0 Å². The van der Waals surface area contributed by atoms with E-state index in [9.17, 15) is 8.42 Å². The van der Waals surface area contributed by atoms with Crippen LogP contribution in [-0.2, 0) is 10.0 Å². The van der Waals surface area contributed by atoms with Crippen LogP contribution in [0.25, 0.3) is 0 Å². The number of anilines is 1. The molecule has 0 N–H and O–H groups in total. The van der Waals surface area contributed by atoms with Gasteiger partial charge in [0, 0.05) is 0 Å². The Kier molecular flexibility index (Phi) is 6.13. The minimum atomic E-state index is -3.82. The second-order valence-electron chi connectivity index (χ2n) is 6.76.